The van der Waals surface area contributed by atoms with Crippen molar-refractivity contribution in [2.45, 2.75) is 36.0 Å². The smallest absolute Gasteiger partial charge is 0.313 e. The molecule has 0 radical (unpaired) electrons. The van der Waals surface area contributed by atoms with E-state index in [-0.39, 0.29) is 11.9 Å². The molecule has 3 rings (SSSR count). The fraction of sp³-hybridized carbons (Fsp3) is 0.278. The first-order chi connectivity index (χ1) is 11.0. The van der Waals surface area contributed by atoms with Gasteiger partial charge in [-0.1, -0.05) is 28.1 Å². The molecule has 0 saturated heterocycles. The average molecular weight is 393 g/mol. The zero-order valence-corrected chi connectivity index (χ0v) is 15.4. The van der Waals surface area contributed by atoms with Gasteiger partial charge in [0.05, 0.1) is 23.3 Å². The zero-order valence-electron chi connectivity index (χ0n) is 13.0. The molecule has 0 bridgehead atoms. The zero-order chi connectivity index (χ0) is 16.6. The molecule has 0 spiro atoms. The van der Waals surface area contributed by atoms with E-state index in [0.29, 0.717) is 6.61 Å². The van der Waals surface area contributed by atoms with Crippen molar-refractivity contribution in [3.63, 3.8) is 0 Å². The van der Waals surface area contributed by atoms with Gasteiger partial charge in [-0.25, -0.2) is 4.21 Å². The van der Waals surface area contributed by atoms with Crippen molar-refractivity contribution in [1.82, 2.24) is 0 Å². The molecule has 0 saturated carbocycles. The Balaban J connectivity index is 1.98. The molecular weight excluding hydrogens is 376 g/mol. The normalized spacial score (nSPS) is 17.1. The Labute approximate surface area is 146 Å². The monoisotopic (exact) mass is 392 g/mol. The van der Waals surface area contributed by atoms with Crippen LogP contribution < -0.4 is 0 Å². The number of carbonyl (C=O) groups is 1. The molecule has 23 heavy (non-hydrogen) atoms. The van der Waals surface area contributed by atoms with E-state index in [1.54, 1.807) is 6.92 Å². The minimum Gasteiger partial charge on any atom is -0.466 e. The highest BCUT2D eigenvalue weighted by molar-refractivity contribution is 9.10. The third-order valence-corrected chi connectivity index (χ3v) is 6.12. The first-order valence-electron chi connectivity index (χ1n) is 7.51. The lowest BCUT2D eigenvalue weighted by Gasteiger charge is -2.21. The first-order valence-corrected chi connectivity index (χ1v) is 9.45. The number of benzene rings is 2. The summed E-state index contributed by atoms with van der Waals surface area (Å²) in [6.45, 7) is 4.01. The quantitative estimate of drug-likeness (QED) is 0.627. The van der Waals surface area contributed by atoms with E-state index in [4.69, 9.17) is 4.74 Å². The summed E-state index contributed by atoms with van der Waals surface area (Å²) >= 11 is 3.46. The molecule has 0 N–H and O–H groups in total. The van der Waals surface area contributed by atoms with Crippen molar-refractivity contribution >= 4 is 32.7 Å². The molecule has 3 nitrogen and oxygen atoms in total. The number of carbonyl (C=O) groups excluding carboxylic acids is 1. The molecule has 1 aliphatic rings. The maximum Gasteiger partial charge on any atom is 0.313 e. The van der Waals surface area contributed by atoms with Gasteiger partial charge in [0.1, 0.15) is 0 Å². The van der Waals surface area contributed by atoms with E-state index in [1.807, 2.05) is 43.3 Å². The van der Waals surface area contributed by atoms with Gasteiger partial charge in [0.15, 0.2) is 0 Å². The number of hydrogen-bond acceptors (Lipinski definition) is 3. The Bertz CT molecular complexity index is 801. The van der Waals surface area contributed by atoms with Gasteiger partial charge in [-0.05, 0) is 61.2 Å². The molecule has 5 heteroatoms. The van der Waals surface area contributed by atoms with E-state index in [1.165, 1.54) is 0 Å². The van der Waals surface area contributed by atoms with Crippen LogP contribution in [0.2, 0.25) is 0 Å². The second-order valence-electron chi connectivity index (χ2n) is 5.54. The number of hydrogen-bond donors (Lipinski definition) is 0. The van der Waals surface area contributed by atoms with Gasteiger partial charge in [-0.3, -0.25) is 4.79 Å². The SMILES string of the molecule is CCOC(=O)C(C)c1ccc2c(c1)Cc1cc(Br)ccc1S2=O. The molecule has 0 aromatic heterocycles. The molecule has 2 atom stereocenters. The maximum absolute atomic E-state index is 12.7. The van der Waals surface area contributed by atoms with Gasteiger partial charge in [0.25, 0.3) is 0 Å². The highest BCUT2D eigenvalue weighted by Gasteiger charge is 2.24. The van der Waals surface area contributed by atoms with Crippen LogP contribution in [-0.2, 0) is 26.8 Å². The maximum atomic E-state index is 12.7. The summed E-state index contributed by atoms with van der Waals surface area (Å²) in [5.74, 6) is -0.551. The van der Waals surface area contributed by atoms with Crippen LogP contribution in [0.4, 0.5) is 0 Å². The lowest BCUT2D eigenvalue weighted by atomic mass is 9.96. The Kier molecular flexibility index (Phi) is 4.69. The van der Waals surface area contributed by atoms with Crippen LogP contribution in [0.5, 0.6) is 0 Å². The van der Waals surface area contributed by atoms with Crippen molar-refractivity contribution in [2.24, 2.45) is 0 Å². The molecule has 0 aliphatic carbocycles. The predicted molar refractivity (Wildman–Crippen MR) is 93.1 cm³/mol. The van der Waals surface area contributed by atoms with E-state index in [2.05, 4.69) is 15.9 Å². The lowest BCUT2D eigenvalue weighted by molar-refractivity contribution is -0.144. The summed E-state index contributed by atoms with van der Waals surface area (Å²) in [7, 11) is -1.17. The molecule has 2 unspecified atom stereocenters. The first kappa shape index (κ1) is 16.4. The van der Waals surface area contributed by atoms with Crippen LogP contribution in [0.3, 0.4) is 0 Å². The minimum absolute atomic E-state index is 0.229. The standard InChI is InChI=1S/C18H17BrO3S/c1-3-22-18(20)11(2)12-4-6-16-13(8-12)9-14-10-15(19)5-7-17(14)23(16)21/h4-8,10-11H,3,9H2,1-2H3. The van der Waals surface area contributed by atoms with Crippen LogP contribution in [-0.4, -0.2) is 16.8 Å². The molecule has 0 fully saturated rings. The van der Waals surface area contributed by atoms with E-state index in [9.17, 15) is 9.00 Å². The van der Waals surface area contributed by atoms with Crippen LogP contribution in [0.25, 0.3) is 0 Å². The molecule has 120 valence electrons. The number of fused-ring (bicyclic) bond motifs is 2. The highest BCUT2D eigenvalue weighted by Crippen LogP contribution is 2.34. The number of halogens is 1. The number of rotatable bonds is 3. The van der Waals surface area contributed by atoms with E-state index < -0.39 is 10.8 Å². The van der Waals surface area contributed by atoms with Crippen molar-refractivity contribution in [2.75, 3.05) is 6.61 Å². The van der Waals surface area contributed by atoms with Gasteiger partial charge in [-0.15, -0.1) is 0 Å². The molecule has 2 aromatic carbocycles. The fourth-order valence-electron chi connectivity index (χ4n) is 2.78. The van der Waals surface area contributed by atoms with Crippen molar-refractivity contribution in [1.29, 1.82) is 0 Å². The molecule has 2 aromatic rings. The van der Waals surface area contributed by atoms with Crippen molar-refractivity contribution in [3.05, 3.63) is 57.6 Å². The van der Waals surface area contributed by atoms with Gasteiger partial charge in [-0.2, -0.15) is 0 Å². The van der Waals surface area contributed by atoms with Crippen molar-refractivity contribution in [3.8, 4) is 0 Å². The third-order valence-electron chi connectivity index (χ3n) is 4.03. The lowest BCUT2D eigenvalue weighted by Crippen LogP contribution is -2.15. The largest absolute Gasteiger partial charge is 0.466 e. The van der Waals surface area contributed by atoms with E-state index >= 15 is 0 Å². The van der Waals surface area contributed by atoms with Gasteiger partial charge >= 0.3 is 5.97 Å². The summed E-state index contributed by atoms with van der Waals surface area (Å²) in [5.41, 5.74) is 2.98. The summed E-state index contributed by atoms with van der Waals surface area (Å²) in [4.78, 5) is 13.6. The second kappa shape index (κ2) is 6.57. The van der Waals surface area contributed by atoms with Crippen molar-refractivity contribution < 1.29 is 13.7 Å². The number of ether oxygens (including phenoxy) is 1. The second-order valence-corrected chi connectivity index (χ2v) is 7.87. The van der Waals surface area contributed by atoms with Crippen LogP contribution in [0.15, 0.2) is 50.7 Å². The Hall–Kier alpha value is -1.46. The summed E-state index contributed by atoms with van der Waals surface area (Å²) in [6.07, 6.45) is 0.721. The van der Waals surface area contributed by atoms with Crippen LogP contribution in [0.1, 0.15) is 36.5 Å². The average Bonchev–Trinajstić information content (AvgIpc) is 2.53. The highest BCUT2D eigenvalue weighted by atomic mass is 79.9. The number of esters is 1. The fourth-order valence-corrected chi connectivity index (χ4v) is 4.55. The molecule has 1 heterocycles. The third kappa shape index (κ3) is 3.12. The molecule has 1 aliphatic heterocycles. The van der Waals surface area contributed by atoms with Crippen LogP contribution >= 0.6 is 15.9 Å². The van der Waals surface area contributed by atoms with Gasteiger partial charge in [0.2, 0.25) is 0 Å². The Morgan fingerprint density at radius 3 is 2.57 bits per heavy atom. The molecular formula is C18H17BrO3S. The predicted octanol–water partition coefficient (Wildman–Crippen LogP) is 4.19. The Morgan fingerprint density at radius 1 is 1.22 bits per heavy atom. The van der Waals surface area contributed by atoms with Gasteiger partial charge < -0.3 is 4.74 Å². The Morgan fingerprint density at radius 2 is 1.87 bits per heavy atom. The van der Waals surface area contributed by atoms with E-state index in [0.717, 1.165) is 37.4 Å². The summed E-state index contributed by atoms with van der Waals surface area (Å²) < 4.78 is 18.8. The topological polar surface area (TPSA) is 43.4 Å². The minimum atomic E-state index is -1.17. The summed E-state index contributed by atoms with van der Waals surface area (Å²) in [6, 6.07) is 11.6. The molecule has 0 amide bonds. The van der Waals surface area contributed by atoms with Gasteiger partial charge in [0, 0.05) is 14.3 Å². The van der Waals surface area contributed by atoms with Crippen LogP contribution in [0, 0.1) is 0 Å². The summed E-state index contributed by atoms with van der Waals surface area (Å²) in [5, 5.41) is 0.